The maximum Gasteiger partial charge on any atom is 0.407 e. The van der Waals surface area contributed by atoms with E-state index in [-0.39, 0.29) is 6.04 Å². The molecule has 118 valence electrons. The molecule has 1 atom stereocenters. The Morgan fingerprint density at radius 3 is 2.73 bits per heavy atom. The summed E-state index contributed by atoms with van der Waals surface area (Å²) in [5.74, 6) is 0. The van der Waals surface area contributed by atoms with Crippen LogP contribution in [0.15, 0.2) is 36.5 Å². The maximum atomic E-state index is 11.7. The molecule has 1 aromatic heterocycles. The Bertz CT molecular complexity index is 644. The largest absolute Gasteiger partial charge is 0.444 e. The molecule has 0 spiro atoms. The molecule has 0 radical (unpaired) electrons. The lowest BCUT2D eigenvalue weighted by Gasteiger charge is -2.21. The lowest BCUT2D eigenvalue weighted by atomic mass is 10.2. The molecule has 2 rings (SSSR count). The highest BCUT2D eigenvalue weighted by molar-refractivity contribution is 5.90. The van der Waals surface area contributed by atoms with Crippen molar-refractivity contribution >= 4 is 22.7 Å². The SMILES string of the molecule is CC(CNC(=O)OC(C)(C)C)Nc1cccc2cccnc12. The monoisotopic (exact) mass is 301 g/mol. The third kappa shape index (κ3) is 4.62. The Kier molecular flexibility index (Phi) is 4.85. The fraction of sp³-hybridized carbons (Fsp3) is 0.412. The normalized spacial score (nSPS) is 12.7. The molecule has 0 fully saturated rings. The first-order chi connectivity index (χ1) is 10.3. The lowest BCUT2D eigenvalue weighted by molar-refractivity contribution is 0.0526. The number of benzene rings is 1. The fourth-order valence-electron chi connectivity index (χ4n) is 2.09. The maximum absolute atomic E-state index is 11.7. The standard InChI is InChI=1S/C17H23N3O2/c1-12(11-19-16(21)22-17(2,3)4)20-14-9-5-7-13-8-6-10-18-15(13)14/h5-10,12,20H,11H2,1-4H3,(H,19,21). The van der Waals surface area contributed by atoms with E-state index in [0.717, 1.165) is 16.6 Å². The molecule has 1 amide bonds. The number of para-hydroxylation sites is 1. The van der Waals surface area contributed by atoms with Crippen LogP contribution in [0.5, 0.6) is 0 Å². The third-order valence-electron chi connectivity index (χ3n) is 2.99. The van der Waals surface area contributed by atoms with Gasteiger partial charge in [-0.2, -0.15) is 0 Å². The Labute approximate surface area is 131 Å². The van der Waals surface area contributed by atoms with Crippen molar-refractivity contribution in [3.63, 3.8) is 0 Å². The number of alkyl carbamates (subject to hydrolysis) is 1. The number of aromatic nitrogens is 1. The van der Waals surface area contributed by atoms with E-state index >= 15 is 0 Å². The van der Waals surface area contributed by atoms with Crippen LogP contribution in [0, 0.1) is 0 Å². The van der Waals surface area contributed by atoms with Gasteiger partial charge in [-0.05, 0) is 39.8 Å². The average molecular weight is 301 g/mol. The van der Waals surface area contributed by atoms with Gasteiger partial charge in [0.15, 0.2) is 0 Å². The zero-order valence-electron chi connectivity index (χ0n) is 13.5. The summed E-state index contributed by atoms with van der Waals surface area (Å²) in [6.07, 6.45) is 1.37. The fourth-order valence-corrected chi connectivity index (χ4v) is 2.09. The molecular weight excluding hydrogens is 278 g/mol. The molecule has 0 aliphatic rings. The minimum Gasteiger partial charge on any atom is -0.444 e. The second-order valence-corrected chi connectivity index (χ2v) is 6.31. The van der Waals surface area contributed by atoms with Crippen LogP contribution in [0.4, 0.5) is 10.5 Å². The van der Waals surface area contributed by atoms with Crippen molar-refractivity contribution in [1.82, 2.24) is 10.3 Å². The summed E-state index contributed by atoms with van der Waals surface area (Å²) in [5.41, 5.74) is 1.39. The number of hydrogen-bond acceptors (Lipinski definition) is 4. The molecule has 22 heavy (non-hydrogen) atoms. The summed E-state index contributed by atoms with van der Waals surface area (Å²) in [4.78, 5) is 16.1. The number of nitrogens with one attached hydrogen (secondary N) is 2. The smallest absolute Gasteiger partial charge is 0.407 e. The first-order valence-electron chi connectivity index (χ1n) is 7.42. The number of amides is 1. The Morgan fingerprint density at radius 2 is 2.00 bits per heavy atom. The first-order valence-corrected chi connectivity index (χ1v) is 7.42. The molecule has 0 saturated carbocycles. The molecule has 2 N–H and O–H groups in total. The van der Waals surface area contributed by atoms with Gasteiger partial charge in [-0.15, -0.1) is 0 Å². The Morgan fingerprint density at radius 1 is 1.27 bits per heavy atom. The van der Waals surface area contributed by atoms with Gasteiger partial charge in [0.2, 0.25) is 0 Å². The highest BCUT2D eigenvalue weighted by Gasteiger charge is 2.16. The minimum absolute atomic E-state index is 0.0557. The summed E-state index contributed by atoms with van der Waals surface area (Å²) in [7, 11) is 0. The van der Waals surface area contributed by atoms with Crippen molar-refractivity contribution < 1.29 is 9.53 Å². The van der Waals surface area contributed by atoms with Crippen molar-refractivity contribution in [2.75, 3.05) is 11.9 Å². The first kappa shape index (κ1) is 16.1. The van der Waals surface area contributed by atoms with Gasteiger partial charge in [0, 0.05) is 24.2 Å². The lowest BCUT2D eigenvalue weighted by Crippen LogP contribution is -2.38. The quantitative estimate of drug-likeness (QED) is 0.906. The molecule has 2 aromatic rings. The van der Waals surface area contributed by atoms with Gasteiger partial charge >= 0.3 is 6.09 Å². The van der Waals surface area contributed by atoms with Crippen LogP contribution in [0.1, 0.15) is 27.7 Å². The number of rotatable bonds is 4. The zero-order valence-corrected chi connectivity index (χ0v) is 13.5. The van der Waals surface area contributed by atoms with E-state index in [2.05, 4.69) is 15.6 Å². The van der Waals surface area contributed by atoms with E-state index in [1.807, 2.05) is 58.0 Å². The zero-order chi connectivity index (χ0) is 16.2. The molecule has 0 bridgehead atoms. The molecule has 0 aliphatic heterocycles. The number of carbonyl (C=O) groups is 1. The van der Waals surface area contributed by atoms with Gasteiger partial charge in [0.1, 0.15) is 5.60 Å². The van der Waals surface area contributed by atoms with Crippen LogP contribution in [-0.2, 0) is 4.74 Å². The molecule has 5 heteroatoms. The van der Waals surface area contributed by atoms with E-state index in [1.165, 1.54) is 0 Å². The average Bonchev–Trinajstić information content (AvgIpc) is 2.44. The second-order valence-electron chi connectivity index (χ2n) is 6.31. The van der Waals surface area contributed by atoms with Gasteiger partial charge in [0.05, 0.1) is 11.2 Å². The highest BCUT2D eigenvalue weighted by Crippen LogP contribution is 2.21. The van der Waals surface area contributed by atoms with E-state index in [9.17, 15) is 4.79 Å². The van der Waals surface area contributed by atoms with Crippen molar-refractivity contribution in [2.24, 2.45) is 0 Å². The van der Waals surface area contributed by atoms with Gasteiger partial charge in [0.25, 0.3) is 0 Å². The molecule has 5 nitrogen and oxygen atoms in total. The number of fused-ring (bicyclic) bond motifs is 1. The minimum atomic E-state index is -0.486. The number of pyridine rings is 1. The Balaban J connectivity index is 1.94. The summed E-state index contributed by atoms with van der Waals surface area (Å²) < 4.78 is 5.22. The van der Waals surface area contributed by atoms with Crippen molar-refractivity contribution in [1.29, 1.82) is 0 Å². The van der Waals surface area contributed by atoms with Crippen LogP contribution in [0.2, 0.25) is 0 Å². The number of nitrogens with zero attached hydrogens (tertiary/aromatic N) is 1. The van der Waals surface area contributed by atoms with Gasteiger partial charge in [-0.25, -0.2) is 4.79 Å². The molecule has 1 aromatic carbocycles. The summed E-state index contributed by atoms with van der Waals surface area (Å²) in [5, 5.41) is 7.22. The van der Waals surface area contributed by atoms with E-state index < -0.39 is 11.7 Å². The molecule has 1 heterocycles. The number of hydrogen-bond donors (Lipinski definition) is 2. The van der Waals surface area contributed by atoms with E-state index in [4.69, 9.17) is 4.74 Å². The molecule has 1 unspecified atom stereocenters. The van der Waals surface area contributed by atoms with Gasteiger partial charge < -0.3 is 15.4 Å². The molecular formula is C17H23N3O2. The van der Waals surface area contributed by atoms with Crippen molar-refractivity contribution in [2.45, 2.75) is 39.3 Å². The molecule has 0 aliphatic carbocycles. The van der Waals surface area contributed by atoms with Crippen LogP contribution in [0.25, 0.3) is 10.9 Å². The van der Waals surface area contributed by atoms with Gasteiger partial charge in [-0.3, -0.25) is 4.98 Å². The summed E-state index contributed by atoms with van der Waals surface area (Å²) in [6.45, 7) is 8.00. The van der Waals surface area contributed by atoms with Crippen LogP contribution in [0.3, 0.4) is 0 Å². The van der Waals surface area contributed by atoms with Crippen LogP contribution >= 0.6 is 0 Å². The van der Waals surface area contributed by atoms with Gasteiger partial charge in [-0.1, -0.05) is 18.2 Å². The predicted molar refractivity (Wildman–Crippen MR) is 89.1 cm³/mol. The summed E-state index contributed by atoms with van der Waals surface area (Å²) in [6, 6.07) is 9.99. The number of anilines is 1. The van der Waals surface area contributed by atoms with E-state index in [1.54, 1.807) is 6.20 Å². The second kappa shape index (κ2) is 6.64. The third-order valence-corrected chi connectivity index (χ3v) is 2.99. The van der Waals surface area contributed by atoms with Crippen molar-refractivity contribution in [3.05, 3.63) is 36.5 Å². The van der Waals surface area contributed by atoms with Crippen molar-refractivity contribution in [3.8, 4) is 0 Å². The highest BCUT2D eigenvalue weighted by atomic mass is 16.6. The van der Waals surface area contributed by atoms with Crippen LogP contribution in [-0.4, -0.2) is 29.3 Å². The summed E-state index contributed by atoms with van der Waals surface area (Å²) >= 11 is 0. The Hall–Kier alpha value is -2.30. The molecule has 0 saturated heterocycles. The topological polar surface area (TPSA) is 63.2 Å². The number of carbonyl (C=O) groups excluding carboxylic acids is 1. The number of ether oxygens (including phenoxy) is 1. The van der Waals surface area contributed by atoms with E-state index in [0.29, 0.717) is 6.54 Å². The van der Waals surface area contributed by atoms with Crippen LogP contribution < -0.4 is 10.6 Å². The predicted octanol–water partition coefficient (Wildman–Crippen LogP) is 3.56.